The number of allylic oxidation sites excluding steroid dienone is 2. The van der Waals surface area contributed by atoms with E-state index in [1.54, 1.807) is 0 Å². The van der Waals surface area contributed by atoms with Crippen molar-refractivity contribution in [1.82, 2.24) is 0 Å². The zero-order valence-electron chi connectivity index (χ0n) is 13.2. The molecule has 0 aliphatic carbocycles. The molecule has 1 aliphatic heterocycles. The van der Waals surface area contributed by atoms with Crippen molar-refractivity contribution < 1.29 is 14.2 Å². The third kappa shape index (κ3) is 8.19. The van der Waals surface area contributed by atoms with E-state index in [4.69, 9.17) is 14.2 Å². The van der Waals surface area contributed by atoms with Crippen molar-refractivity contribution in [3.8, 4) is 0 Å². The molecule has 1 heterocycles. The second-order valence-corrected chi connectivity index (χ2v) is 4.32. The predicted octanol–water partition coefficient (Wildman–Crippen LogP) is 4.09. The highest BCUT2D eigenvalue weighted by Crippen LogP contribution is 2.22. The van der Waals surface area contributed by atoms with E-state index in [2.05, 4.69) is 19.1 Å². The Balaban J connectivity index is 0.00000154. The van der Waals surface area contributed by atoms with Gasteiger partial charge >= 0.3 is 0 Å². The SMILES string of the molecule is C/C=C\C(=C/CC)COCCC1(C)OCCO1.CC. The number of hydrogen-bond acceptors (Lipinski definition) is 3. The fourth-order valence-corrected chi connectivity index (χ4v) is 1.80. The van der Waals surface area contributed by atoms with Gasteiger partial charge in [0.05, 0.1) is 26.4 Å². The number of hydrogen-bond donors (Lipinski definition) is 0. The summed E-state index contributed by atoms with van der Waals surface area (Å²) in [5, 5.41) is 0. The molecule has 0 unspecified atom stereocenters. The van der Waals surface area contributed by atoms with Gasteiger partial charge in [0.2, 0.25) is 0 Å². The highest BCUT2D eigenvalue weighted by molar-refractivity contribution is 5.18. The Morgan fingerprint density at radius 2 is 1.89 bits per heavy atom. The van der Waals surface area contributed by atoms with E-state index in [1.807, 2.05) is 33.8 Å². The van der Waals surface area contributed by atoms with Crippen LogP contribution in [0.3, 0.4) is 0 Å². The van der Waals surface area contributed by atoms with Gasteiger partial charge in [-0.2, -0.15) is 0 Å². The summed E-state index contributed by atoms with van der Waals surface area (Å²) in [6.07, 6.45) is 8.13. The van der Waals surface area contributed by atoms with Crippen LogP contribution >= 0.6 is 0 Å². The lowest BCUT2D eigenvalue weighted by atomic mass is 10.2. The van der Waals surface area contributed by atoms with Gasteiger partial charge in [-0.3, -0.25) is 0 Å². The minimum Gasteiger partial charge on any atom is -0.377 e. The molecule has 0 bridgehead atoms. The standard InChI is InChI=1S/C14H24O3.C2H6/c1-4-6-13(7-5-2)12-15-9-8-14(3)16-10-11-17-14;1-2/h4,6-7H,5,8-12H2,1-3H3;1-2H3/b6-4-,13-7+;. The van der Waals surface area contributed by atoms with E-state index in [0.717, 1.165) is 12.8 Å². The molecule has 3 nitrogen and oxygen atoms in total. The highest BCUT2D eigenvalue weighted by Gasteiger charge is 2.30. The second-order valence-electron chi connectivity index (χ2n) is 4.32. The van der Waals surface area contributed by atoms with E-state index in [9.17, 15) is 0 Å². The van der Waals surface area contributed by atoms with Gasteiger partial charge in [0.1, 0.15) is 0 Å². The molecule has 0 atom stereocenters. The van der Waals surface area contributed by atoms with Gasteiger partial charge in [0, 0.05) is 6.42 Å². The maximum absolute atomic E-state index is 5.65. The Hall–Kier alpha value is -0.640. The topological polar surface area (TPSA) is 27.7 Å². The van der Waals surface area contributed by atoms with Crippen LogP contribution in [0.4, 0.5) is 0 Å². The van der Waals surface area contributed by atoms with Gasteiger partial charge in [0.15, 0.2) is 5.79 Å². The van der Waals surface area contributed by atoms with E-state index >= 15 is 0 Å². The van der Waals surface area contributed by atoms with Crippen LogP contribution in [0.15, 0.2) is 23.8 Å². The van der Waals surface area contributed by atoms with Crippen LogP contribution in [0.5, 0.6) is 0 Å². The van der Waals surface area contributed by atoms with Gasteiger partial charge < -0.3 is 14.2 Å². The van der Waals surface area contributed by atoms with Crippen LogP contribution in [0.2, 0.25) is 0 Å². The second kappa shape index (κ2) is 11.2. The zero-order valence-corrected chi connectivity index (χ0v) is 13.2. The lowest BCUT2D eigenvalue weighted by Crippen LogP contribution is -2.27. The van der Waals surface area contributed by atoms with Gasteiger partial charge in [0.25, 0.3) is 0 Å². The summed E-state index contributed by atoms with van der Waals surface area (Å²) in [5.41, 5.74) is 1.23. The first kappa shape index (κ1) is 18.4. The molecule has 0 radical (unpaired) electrons. The van der Waals surface area contributed by atoms with Crippen molar-refractivity contribution >= 4 is 0 Å². The van der Waals surface area contributed by atoms with Crippen LogP contribution < -0.4 is 0 Å². The smallest absolute Gasteiger partial charge is 0.167 e. The van der Waals surface area contributed by atoms with Gasteiger partial charge in [-0.05, 0) is 25.8 Å². The molecule has 112 valence electrons. The minimum atomic E-state index is -0.435. The molecule has 3 heteroatoms. The molecule has 1 rings (SSSR count). The van der Waals surface area contributed by atoms with Gasteiger partial charge in [-0.1, -0.05) is 39.0 Å². The number of rotatable bonds is 7. The average molecular weight is 270 g/mol. The minimum absolute atomic E-state index is 0.435. The Bertz CT molecular complexity index is 263. The van der Waals surface area contributed by atoms with E-state index in [-0.39, 0.29) is 0 Å². The van der Waals surface area contributed by atoms with Gasteiger partial charge in [-0.25, -0.2) is 0 Å². The van der Waals surface area contributed by atoms with Crippen molar-refractivity contribution in [2.24, 2.45) is 0 Å². The van der Waals surface area contributed by atoms with Crippen molar-refractivity contribution in [2.45, 2.75) is 53.2 Å². The summed E-state index contributed by atoms with van der Waals surface area (Å²) in [6.45, 7) is 12.8. The van der Waals surface area contributed by atoms with E-state index in [0.29, 0.717) is 26.4 Å². The predicted molar refractivity (Wildman–Crippen MR) is 80.3 cm³/mol. The Kier molecular flexibility index (Phi) is 10.8. The largest absolute Gasteiger partial charge is 0.377 e. The molecule has 1 fully saturated rings. The molecule has 1 aliphatic rings. The van der Waals surface area contributed by atoms with Crippen LogP contribution in [0.25, 0.3) is 0 Å². The monoisotopic (exact) mass is 270 g/mol. The van der Waals surface area contributed by atoms with Crippen molar-refractivity contribution in [3.63, 3.8) is 0 Å². The molecule has 0 saturated carbocycles. The molecule has 0 aromatic carbocycles. The molecule has 0 aromatic rings. The van der Waals surface area contributed by atoms with Crippen LogP contribution in [-0.4, -0.2) is 32.2 Å². The lowest BCUT2D eigenvalue weighted by molar-refractivity contribution is -0.154. The summed E-state index contributed by atoms with van der Waals surface area (Å²) in [4.78, 5) is 0. The summed E-state index contributed by atoms with van der Waals surface area (Å²) in [6, 6.07) is 0. The zero-order chi connectivity index (χ0) is 14.6. The Morgan fingerprint density at radius 1 is 1.26 bits per heavy atom. The highest BCUT2D eigenvalue weighted by atomic mass is 16.7. The molecule has 0 N–H and O–H groups in total. The van der Waals surface area contributed by atoms with E-state index < -0.39 is 5.79 Å². The third-order valence-electron chi connectivity index (χ3n) is 2.71. The maximum atomic E-state index is 5.65. The molecule has 0 amide bonds. The first-order chi connectivity index (χ1) is 9.20. The Labute approximate surface area is 118 Å². The van der Waals surface area contributed by atoms with Crippen LogP contribution in [0.1, 0.15) is 47.5 Å². The molecule has 0 spiro atoms. The Morgan fingerprint density at radius 3 is 2.42 bits per heavy atom. The molecule has 0 aromatic heterocycles. The fourth-order valence-electron chi connectivity index (χ4n) is 1.80. The summed E-state index contributed by atoms with van der Waals surface area (Å²) >= 11 is 0. The molecule has 1 saturated heterocycles. The summed E-state index contributed by atoms with van der Waals surface area (Å²) < 4.78 is 16.7. The summed E-state index contributed by atoms with van der Waals surface area (Å²) in [5.74, 6) is -0.435. The van der Waals surface area contributed by atoms with Crippen molar-refractivity contribution in [2.75, 3.05) is 26.4 Å². The van der Waals surface area contributed by atoms with Crippen LogP contribution in [0, 0.1) is 0 Å². The molecule has 19 heavy (non-hydrogen) atoms. The molecular formula is C16H30O3. The first-order valence-electron chi connectivity index (χ1n) is 7.37. The van der Waals surface area contributed by atoms with E-state index in [1.165, 1.54) is 5.57 Å². The van der Waals surface area contributed by atoms with Crippen molar-refractivity contribution in [3.05, 3.63) is 23.8 Å². The number of ether oxygens (including phenoxy) is 3. The quantitative estimate of drug-likeness (QED) is 0.515. The van der Waals surface area contributed by atoms with Gasteiger partial charge in [-0.15, -0.1) is 0 Å². The summed E-state index contributed by atoms with van der Waals surface area (Å²) in [7, 11) is 0. The van der Waals surface area contributed by atoms with Crippen molar-refractivity contribution in [1.29, 1.82) is 0 Å². The molecular weight excluding hydrogens is 240 g/mol. The lowest BCUT2D eigenvalue weighted by Gasteiger charge is -2.21. The fraction of sp³-hybridized carbons (Fsp3) is 0.750. The average Bonchev–Trinajstić information content (AvgIpc) is 2.85. The van der Waals surface area contributed by atoms with Crippen LogP contribution in [-0.2, 0) is 14.2 Å². The normalized spacial score (nSPS) is 18.5. The first-order valence-corrected chi connectivity index (χ1v) is 7.37. The maximum Gasteiger partial charge on any atom is 0.167 e. The third-order valence-corrected chi connectivity index (χ3v) is 2.71.